The number of nitrogens with zero attached hydrogens (tertiary/aromatic N) is 4. The van der Waals surface area contributed by atoms with Crippen LogP contribution in [0.4, 0.5) is 22.7 Å². The first-order chi connectivity index (χ1) is 11.6. The van der Waals surface area contributed by atoms with Gasteiger partial charge in [0, 0.05) is 18.2 Å². The van der Waals surface area contributed by atoms with Gasteiger partial charge in [-0.25, -0.2) is 0 Å². The fourth-order valence-corrected chi connectivity index (χ4v) is 1.49. The predicted octanol–water partition coefficient (Wildman–Crippen LogP) is 2.71. The number of rotatable bonds is 4. The molecule has 0 spiro atoms. The molecule has 130 valence electrons. The zero-order chi connectivity index (χ0) is 19.1. The molecule has 13 nitrogen and oxygen atoms in total. The highest BCUT2D eigenvalue weighted by Gasteiger charge is 2.18. The highest BCUT2D eigenvalue weighted by molar-refractivity contribution is 5.52. The van der Waals surface area contributed by atoms with E-state index >= 15 is 0 Å². The zero-order valence-electron chi connectivity index (χ0n) is 12.0. The fourth-order valence-electron chi connectivity index (χ4n) is 1.49. The molecule has 0 radical (unpaired) electrons. The van der Waals surface area contributed by atoms with Crippen molar-refractivity contribution in [3.05, 3.63) is 82.9 Å². The van der Waals surface area contributed by atoms with Gasteiger partial charge in [0.05, 0.1) is 31.8 Å². The molecule has 13 heteroatoms. The molecule has 0 unspecified atom stereocenters. The maximum absolute atomic E-state index is 10.2. The van der Waals surface area contributed by atoms with Crippen LogP contribution in [-0.2, 0) is 0 Å². The molecule has 0 atom stereocenters. The van der Waals surface area contributed by atoms with E-state index in [1.165, 1.54) is 18.2 Å². The SMILES string of the molecule is O=[N+]([O-])c1ccc(O)c([N+](=O)[O-])c1.O=[N+]([O-])c1cccc([N+](=O)[O-])c1. The Balaban J connectivity index is 0.000000251. The van der Waals surface area contributed by atoms with Gasteiger partial charge in [-0.2, -0.15) is 0 Å². The van der Waals surface area contributed by atoms with Crippen molar-refractivity contribution in [3.63, 3.8) is 0 Å². The van der Waals surface area contributed by atoms with Gasteiger partial charge in [-0.05, 0) is 12.1 Å². The number of hydrogen-bond acceptors (Lipinski definition) is 9. The number of non-ortho nitro benzene ring substituents is 3. The molecule has 25 heavy (non-hydrogen) atoms. The second-order valence-corrected chi connectivity index (χ2v) is 4.22. The summed E-state index contributed by atoms with van der Waals surface area (Å²) in [6.45, 7) is 0. The number of phenols is 1. The van der Waals surface area contributed by atoms with E-state index in [2.05, 4.69) is 0 Å². The van der Waals surface area contributed by atoms with E-state index in [9.17, 15) is 40.5 Å². The van der Waals surface area contributed by atoms with Gasteiger partial charge in [0.25, 0.3) is 17.1 Å². The van der Waals surface area contributed by atoms with Crippen molar-refractivity contribution in [2.24, 2.45) is 0 Å². The summed E-state index contributed by atoms with van der Waals surface area (Å²) in [4.78, 5) is 37.7. The molecule has 0 saturated heterocycles. The summed E-state index contributed by atoms with van der Waals surface area (Å²) in [6, 6.07) is 7.20. The largest absolute Gasteiger partial charge is 0.502 e. The van der Waals surface area contributed by atoms with E-state index in [-0.39, 0.29) is 11.4 Å². The van der Waals surface area contributed by atoms with E-state index in [4.69, 9.17) is 5.11 Å². The number of phenolic OH excluding ortho intramolecular Hbond substituents is 1. The van der Waals surface area contributed by atoms with Gasteiger partial charge < -0.3 is 5.11 Å². The zero-order valence-corrected chi connectivity index (χ0v) is 12.0. The van der Waals surface area contributed by atoms with Crippen LogP contribution in [0, 0.1) is 40.5 Å². The minimum atomic E-state index is -0.887. The van der Waals surface area contributed by atoms with Gasteiger partial charge in [0.1, 0.15) is 0 Å². The van der Waals surface area contributed by atoms with Gasteiger partial charge in [-0.15, -0.1) is 0 Å². The Morgan fingerprint density at radius 3 is 1.48 bits per heavy atom. The Bertz CT molecular complexity index is 823. The third-order valence-corrected chi connectivity index (χ3v) is 2.62. The van der Waals surface area contributed by atoms with E-state index in [0.717, 1.165) is 18.2 Å². The molecule has 0 saturated carbocycles. The molecule has 0 aliphatic carbocycles. The molecule has 0 bridgehead atoms. The lowest BCUT2D eigenvalue weighted by atomic mass is 10.2. The van der Waals surface area contributed by atoms with Crippen LogP contribution in [0.2, 0.25) is 0 Å². The minimum absolute atomic E-state index is 0.274. The molecule has 2 rings (SSSR count). The molecule has 0 amide bonds. The van der Waals surface area contributed by atoms with E-state index in [1.54, 1.807) is 0 Å². The summed E-state index contributed by atoms with van der Waals surface area (Å²) in [5.41, 5.74) is -1.65. The summed E-state index contributed by atoms with van der Waals surface area (Å²) in [5.74, 6) is -0.587. The Kier molecular flexibility index (Phi) is 5.98. The molecule has 1 N–H and O–H groups in total. The number of benzene rings is 2. The van der Waals surface area contributed by atoms with Gasteiger partial charge in [0.15, 0.2) is 5.75 Å². The standard InChI is InChI=1S/C6H4N2O5.C6H4N2O4/c9-6-2-1-4(7(10)11)3-5(6)8(12)13;9-7(10)5-2-1-3-6(4-5)8(11)12/h1-3,9H;1-4H. The quantitative estimate of drug-likeness (QED) is 0.635. The Labute approximate surface area is 137 Å². The second-order valence-electron chi connectivity index (χ2n) is 4.22. The monoisotopic (exact) mass is 352 g/mol. The third kappa shape index (κ3) is 5.20. The molecule has 0 heterocycles. The van der Waals surface area contributed by atoms with Crippen LogP contribution in [0.3, 0.4) is 0 Å². The van der Waals surface area contributed by atoms with Crippen LogP contribution in [0.25, 0.3) is 0 Å². The number of nitro benzene ring substituents is 4. The van der Waals surface area contributed by atoms with Crippen molar-refractivity contribution in [2.45, 2.75) is 0 Å². The van der Waals surface area contributed by atoms with E-state index in [0.29, 0.717) is 6.07 Å². The van der Waals surface area contributed by atoms with Crippen molar-refractivity contribution >= 4 is 22.7 Å². The average Bonchev–Trinajstić information content (AvgIpc) is 2.55. The highest BCUT2D eigenvalue weighted by Crippen LogP contribution is 2.29. The summed E-state index contributed by atoms with van der Waals surface area (Å²) < 4.78 is 0. The first-order valence-corrected chi connectivity index (χ1v) is 6.14. The van der Waals surface area contributed by atoms with Gasteiger partial charge in [-0.3, -0.25) is 40.5 Å². The molecule has 0 aromatic heterocycles. The Morgan fingerprint density at radius 1 is 0.640 bits per heavy atom. The lowest BCUT2D eigenvalue weighted by Crippen LogP contribution is -1.92. The number of hydrogen-bond donors (Lipinski definition) is 1. The van der Waals surface area contributed by atoms with Crippen LogP contribution < -0.4 is 0 Å². The average molecular weight is 352 g/mol. The minimum Gasteiger partial charge on any atom is -0.502 e. The summed E-state index contributed by atoms with van der Waals surface area (Å²) in [7, 11) is 0. The van der Waals surface area contributed by atoms with Crippen LogP contribution in [0.5, 0.6) is 5.75 Å². The van der Waals surface area contributed by atoms with Crippen molar-refractivity contribution in [1.82, 2.24) is 0 Å². The summed E-state index contributed by atoms with van der Waals surface area (Å²) >= 11 is 0. The first-order valence-electron chi connectivity index (χ1n) is 6.14. The fraction of sp³-hybridized carbons (Fsp3) is 0. The number of nitro groups is 4. The molecular formula is C12H8N4O9. The van der Waals surface area contributed by atoms with Gasteiger partial charge in [0.2, 0.25) is 0 Å². The lowest BCUT2D eigenvalue weighted by molar-refractivity contribution is -0.394. The van der Waals surface area contributed by atoms with Gasteiger partial charge >= 0.3 is 5.69 Å². The Hall–Kier alpha value is -4.16. The first kappa shape index (κ1) is 18.9. The summed E-state index contributed by atoms with van der Waals surface area (Å²) in [5, 5.41) is 49.6. The lowest BCUT2D eigenvalue weighted by Gasteiger charge is -1.94. The highest BCUT2D eigenvalue weighted by atomic mass is 16.6. The molecule has 0 aliphatic heterocycles. The van der Waals surface area contributed by atoms with Crippen molar-refractivity contribution in [1.29, 1.82) is 0 Å². The van der Waals surface area contributed by atoms with Crippen LogP contribution in [-0.4, -0.2) is 24.8 Å². The Morgan fingerprint density at radius 2 is 1.08 bits per heavy atom. The summed E-state index contributed by atoms with van der Waals surface area (Å²) in [6.07, 6.45) is 0. The maximum atomic E-state index is 10.2. The molecule has 0 fully saturated rings. The van der Waals surface area contributed by atoms with Crippen LogP contribution in [0.15, 0.2) is 42.5 Å². The topological polar surface area (TPSA) is 193 Å². The number of aromatic hydroxyl groups is 1. The second kappa shape index (κ2) is 7.91. The van der Waals surface area contributed by atoms with Crippen molar-refractivity contribution < 1.29 is 24.8 Å². The van der Waals surface area contributed by atoms with Crippen LogP contribution in [0.1, 0.15) is 0 Å². The van der Waals surface area contributed by atoms with Crippen molar-refractivity contribution in [2.75, 3.05) is 0 Å². The molecular weight excluding hydrogens is 344 g/mol. The van der Waals surface area contributed by atoms with Gasteiger partial charge in [-0.1, -0.05) is 0 Å². The third-order valence-electron chi connectivity index (χ3n) is 2.62. The molecule has 0 aliphatic rings. The smallest absolute Gasteiger partial charge is 0.317 e. The molecule has 2 aromatic carbocycles. The van der Waals surface area contributed by atoms with Crippen LogP contribution >= 0.6 is 0 Å². The van der Waals surface area contributed by atoms with E-state index < -0.39 is 36.8 Å². The van der Waals surface area contributed by atoms with E-state index in [1.807, 2.05) is 0 Å². The maximum Gasteiger partial charge on any atom is 0.317 e. The normalized spacial score (nSPS) is 9.44. The van der Waals surface area contributed by atoms with Crippen molar-refractivity contribution in [3.8, 4) is 5.75 Å². The molecule has 2 aromatic rings. The predicted molar refractivity (Wildman–Crippen MR) is 81.2 cm³/mol.